The topological polar surface area (TPSA) is 107 Å². The Kier molecular flexibility index (Phi) is 6.43. The minimum atomic E-state index is -3.71. The molecule has 0 unspecified atom stereocenters. The van der Waals surface area contributed by atoms with Crippen molar-refractivity contribution in [2.75, 3.05) is 26.2 Å². The van der Waals surface area contributed by atoms with Gasteiger partial charge >= 0.3 is 0 Å². The minimum absolute atomic E-state index is 0.0518. The second-order valence-electron chi connectivity index (χ2n) is 7.99. The summed E-state index contributed by atoms with van der Waals surface area (Å²) in [6.07, 6.45) is 1.70. The smallest absolute Gasteiger partial charge is 0.269 e. The highest BCUT2D eigenvalue weighted by atomic mass is 32.2. The Labute approximate surface area is 196 Å². The zero-order valence-electron chi connectivity index (χ0n) is 18.3. The third-order valence-electron chi connectivity index (χ3n) is 5.70. The standard InChI is InChI=1S/C21H24N6O4S2/c1-16-3-8-20(17(2)13-16)25-14-22-26(21(25)32)15-23-9-11-24(12-10-23)33(30,31)19-6-4-18(5-7-19)27(28)29/h3-8,13-14H,9-12,15H2,1-2H3. The Balaban J connectivity index is 1.42. The Bertz CT molecular complexity index is 1340. The van der Waals surface area contributed by atoms with Crippen molar-refractivity contribution in [2.24, 2.45) is 0 Å². The normalized spacial score (nSPS) is 15.6. The van der Waals surface area contributed by atoms with Crippen molar-refractivity contribution in [1.29, 1.82) is 0 Å². The summed E-state index contributed by atoms with van der Waals surface area (Å²) in [6, 6.07) is 11.1. The molecular formula is C21H24N6O4S2. The SMILES string of the molecule is Cc1ccc(-n2cnn(CN3CCN(S(=O)(=O)c4ccc([N+](=O)[O-])cc4)CC3)c2=S)c(C)c1. The molecule has 12 heteroatoms. The molecule has 0 N–H and O–H groups in total. The van der Waals surface area contributed by atoms with Gasteiger partial charge in [0.15, 0.2) is 0 Å². The number of nitrogens with zero attached hydrogens (tertiary/aromatic N) is 6. The summed E-state index contributed by atoms with van der Waals surface area (Å²) in [7, 11) is -3.71. The van der Waals surface area contributed by atoms with Crippen molar-refractivity contribution in [1.82, 2.24) is 23.6 Å². The lowest BCUT2D eigenvalue weighted by atomic mass is 10.1. The lowest BCUT2D eigenvalue weighted by molar-refractivity contribution is -0.384. The monoisotopic (exact) mass is 488 g/mol. The van der Waals surface area contributed by atoms with Crippen molar-refractivity contribution in [2.45, 2.75) is 25.4 Å². The first-order chi connectivity index (χ1) is 15.7. The van der Waals surface area contributed by atoms with E-state index in [9.17, 15) is 18.5 Å². The molecule has 10 nitrogen and oxygen atoms in total. The summed E-state index contributed by atoms with van der Waals surface area (Å²) in [4.78, 5) is 12.4. The molecule has 174 valence electrons. The summed E-state index contributed by atoms with van der Waals surface area (Å²) < 4.78 is 31.4. The van der Waals surface area contributed by atoms with Crippen LogP contribution in [0.1, 0.15) is 11.1 Å². The summed E-state index contributed by atoms with van der Waals surface area (Å²) >= 11 is 5.63. The van der Waals surface area contributed by atoms with Crippen molar-refractivity contribution < 1.29 is 13.3 Å². The maximum absolute atomic E-state index is 12.9. The highest BCUT2D eigenvalue weighted by Crippen LogP contribution is 2.21. The average molecular weight is 489 g/mol. The largest absolute Gasteiger partial charge is 0.282 e. The quantitative estimate of drug-likeness (QED) is 0.298. The van der Waals surface area contributed by atoms with Gasteiger partial charge in [-0.3, -0.25) is 19.6 Å². The molecule has 0 atom stereocenters. The minimum Gasteiger partial charge on any atom is -0.282 e. The fourth-order valence-corrected chi connectivity index (χ4v) is 5.54. The molecule has 1 saturated heterocycles. The van der Waals surface area contributed by atoms with E-state index in [0.29, 0.717) is 37.6 Å². The Morgan fingerprint density at radius 2 is 1.73 bits per heavy atom. The van der Waals surface area contributed by atoms with Crippen LogP contribution in [0.5, 0.6) is 0 Å². The average Bonchev–Trinajstić information content (AvgIpc) is 3.14. The Morgan fingerprint density at radius 1 is 1.06 bits per heavy atom. The summed E-state index contributed by atoms with van der Waals surface area (Å²) in [5.41, 5.74) is 3.12. The van der Waals surface area contributed by atoms with E-state index in [0.717, 1.165) is 11.3 Å². The summed E-state index contributed by atoms with van der Waals surface area (Å²) in [5, 5.41) is 15.2. The van der Waals surface area contributed by atoms with Gasteiger partial charge in [-0.2, -0.15) is 9.40 Å². The first-order valence-electron chi connectivity index (χ1n) is 10.4. The number of hydrogen-bond donors (Lipinski definition) is 0. The highest BCUT2D eigenvalue weighted by Gasteiger charge is 2.29. The second kappa shape index (κ2) is 9.14. The third kappa shape index (κ3) is 4.74. The van der Waals surface area contributed by atoms with E-state index in [1.54, 1.807) is 11.0 Å². The summed E-state index contributed by atoms with van der Waals surface area (Å²) in [6.45, 7) is 6.19. The van der Waals surface area contributed by atoms with Crippen LogP contribution in [0.25, 0.3) is 5.69 Å². The molecule has 4 rings (SSSR count). The lowest BCUT2D eigenvalue weighted by Gasteiger charge is -2.33. The molecule has 33 heavy (non-hydrogen) atoms. The molecule has 0 bridgehead atoms. The van der Waals surface area contributed by atoms with E-state index in [1.165, 1.54) is 34.1 Å². The Morgan fingerprint density at radius 3 is 2.33 bits per heavy atom. The molecule has 2 heterocycles. The predicted molar refractivity (Wildman–Crippen MR) is 125 cm³/mol. The lowest BCUT2D eigenvalue weighted by Crippen LogP contribution is -2.48. The van der Waals surface area contributed by atoms with Crippen LogP contribution in [0.2, 0.25) is 0 Å². The van der Waals surface area contributed by atoms with E-state index < -0.39 is 14.9 Å². The van der Waals surface area contributed by atoms with E-state index in [4.69, 9.17) is 12.2 Å². The number of sulfonamides is 1. The van der Waals surface area contributed by atoms with Gasteiger partial charge < -0.3 is 0 Å². The van der Waals surface area contributed by atoms with Crippen LogP contribution in [0.4, 0.5) is 5.69 Å². The van der Waals surface area contributed by atoms with Gasteiger partial charge in [-0.1, -0.05) is 17.7 Å². The molecule has 1 aromatic heterocycles. The number of aryl methyl sites for hydroxylation is 2. The number of piperazine rings is 1. The van der Waals surface area contributed by atoms with Gasteiger partial charge in [0.1, 0.15) is 6.33 Å². The first-order valence-corrected chi connectivity index (χ1v) is 12.2. The van der Waals surface area contributed by atoms with Gasteiger partial charge in [-0.25, -0.2) is 13.1 Å². The van der Waals surface area contributed by atoms with Crippen LogP contribution in [0.15, 0.2) is 53.7 Å². The zero-order valence-corrected chi connectivity index (χ0v) is 19.9. The van der Waals surface area contributed by atoms with Crippen LogP contribution in [-0.2, 0) is 16.7 Å². The van der Waals surface area contributed by atoms with Gasteiger partial charge in [-0.05, 0) is 49.8 Å². The van der Waals surface area contributed by atoms with Crippen molar-refractivity contribution in [3.63, 3.8) is 0 Å². The first kappa shape index (κ1) is 23.2. The molecule has 1 aliphatic heterocycles. The molecule has 1 aliphatic rings. The van der Waals surface area contributed by atoms with Crippen molar-refractivity contribution in [3.8, 4) is 5.69 Å². The van der Waals surface area contributed by atoms with Crippen molar-refractivity contribution in [3.05, 3.63) is 74.8 Å². The van der Waals surface area contributed by atoms with E-state index in [-0.39, 0.29) is 10.6 Å². The fraction of sp³-hybridized carbons (Fsp3) is 0.333. The van der Waals surface area contributed by atoms with Crippen LogP contribution >= 0.6 is 12.2 Å². The number of benzene rings is 2. The molecule has 1 fully saturated rings. The molecule has 0 aliphatic carbocycles. The van der Waals surface area contributed by atoms with E-state index in [2.05, 4.69) is 16.1 Å². The number of hydrogen-bond acceptors (Lipinski definition) is 7. The molecule has 0 amide bonds. The van der Waals surface area contributed by atoms with Crippen molar-refractivity contribution >= 4 is 27.9 Å². The maximum Gasteiger partial charge on any atom is 0.269 e. The number of rotatable bonds is 6. The Hall–Kier alpha value is -2.93. The van der Waals surface area contributed by atoms with E-state index >= 15 is 0 Å². The highest BCUT2D eigenvalue weighted by molar-refractivity contribution is 7.89. The van der Waals surface area contributed by atoms with Gasteiger partial charge in [-0.15, -0.1) is 0 Å². The number of aromatic nitrogens is 3. The number of nitro benzene ring substituents is 1. The van der Waals surface area contributed by atoms with Gasteiger partial charge in [0.2, 0.25) is 14.8 Å². The zero-order chi connectivity index (χ0) is 23.8. The molecule has 0 spiro atoms. The molecule has 0 radical (unpaired) electrons. The summed E-state index contributed by atoms with van der Waals surface area (Å²) in [5.74, 6) is 0. The number of nitro groups is 1. The van der Waals surface area contributed by atoms with E-state index in [1.807, 2.05) is 30.5 Å². The van der Waals surface area contributed by atoms with Crippen LogP contribution in [0.3, 0.4) is 0 Å². The van der Waals surface area contributed by atoms with Gasteiger partial charge in [0, 0.05) is 38.3 Å². The van der Waals surface area contributed by atoms with Gasteiger partial charge in [0.25, 0.3) is 5.69 Å². The van der Waals surface area contributed by atoms with Gasteiger partial charge in [0.05, 0.1) is 22.2 Å². The molecule has 2 aromatic carbocycles. The number of non-ortho nitro benzene ring substituents is 1. The van der Waals surface area contributed by atoms with Crippen LogP contribution < -0.4 is 0 Å². The van der Waals surface area contributed by atoms with Crippen LogP contribution in [-0.4, -0.2) is 63.1 Å². The maximum atomic E-state index is 12.9. The molecular weight excluding hydrogens is 464 g/mol. The predicted octanol–water partition coefficient (Wildman–Crippen LogP) is 2.89. The molecule has 3 aromatic rings. The second-order valence-corrected chi connectivity index (χ2v) is 10.3. The van der Waals surface area contributed by atoms with Crippen LogP contribution in [0, 0.1) is 28.7 Å². The third-order valence-corrected chi connectivity index (χ3v) is 8.02. The molecule has 0 saturated carbocycles. The fourth-order valence-electron chi connectivity index (χ4n) is 3.86.